The number of benzene rings is 1. The lowest BCUT2D eigenvalue weighted by atomic mass is 10.1. The maximum atomic E-state index is 13.2. The number of sulfone groups is 1. The molecule has 2 aliphatic heterocycles. The van der Waals surface area contributed by atoms with Crippen LogP contribution in [-0.2, 0) is 16.4 Å². The lowest BCUT2D eigenvalue weighted by Gasteiger charge is -2.34. The van der Waals surface area contributed by atoms with Gasteiger partial charge in [0.05, 0.1) is 18.4 Å². The molecule has 10 heteroatoms. The summed E-state index contributed by atoms with van der Waals surface area (Å²) in [5, 5.41) is 4.17. The average Bonchev–Trinajstić information content (AvgIpc) is 2.93. The predicted molar refractivity (Wildman–Crippen MR) is 142 cm³/mol. The molecule has 2 fully saturated rings. The average molecular weight is 530 g/mol. The number of methoxy groups -OCH3 is 1. The number of hydroxylamine groups is 2. The molecular weight excluding hydrogens is 492 g/mol. The Labute approximate surface area is 220 Å². The molecule has 1 atom stereocenters. The van der Waals surface area contributed by atoms with Gasteiger partial charge < -0.3 is 19.8 Å². The molecule has 2 aliphatic rings. The Morgan fingerprint density at radius 3 is 2.76 bits per heavy atom. The van der Waals surface area contributed by atoms with Gasteiger partial charge in [0.1, 0.15) is 11.1 Å². The Hall–Kier alpha value is -2.69. The van der Waals surface area contributed by atoms with Crippen LogP contribution in [0.4, 0.5) is 0 Å². The topological polar surface area (TPSA) is 101 Å². The van der Waals surface area contributed by atoms with Crippen LogP contribution in [0.1, 0.15) is 54.4 Å². The zero-order chi connectivity index (χ0) is 26.1. The molecule has 0 saturated carbocycles. The first-order valence-corrected chi connectivity index (χ1v) is 14.7. The predicted octanol–water partition coefficient (Wildman–Crippen LogP) is 3.23. The molecule has 1 radical (unpaired) electrons. The van der Waals surface area contributed by atoms with Crippen molar-refractivity contribution in [2.24, 2.45) is 0 Å². The summed E-state index contributed by atoms with van der Waals surface area (Å²) in [5.41, 5.74) is 1.55. The summed E-state index contributed by atoms with van der Waals surface area (Å²) in [7, 11) is -1.87. The molecule has 1 aromatic carbocycles. The molecule has 4 rings (SSSR count). The number of carbonyl (C=O) groups is 1. The van der Waals surface area contributed by atoms with Gasteiger partial charge in [0.25, 0.3) is 5.91 Å². The number of nitrogens with zero attached hydrogens (tertiary/aromatic N) is 3. The Morgan fingerprint density at radius 2 is 2.00 bits per heavy atom. The molecule has 0 spiro atoms. The van der Waals surface area contributed by atoms with Crippen LogP contribution in [0.25, 0.3) is 0 Å². The highest BCUT2D eigenvalue weighted by molar-refractivity contribution is 7.91. The zero-order valence-electron chi connectivity index (χ0n) is 21.5. The summed E-state index contributed by atoms with van der Waals surface area (Å²) in [4.78, 5) is 25.0. The van der Waals surface area contributed by atoms with E-state index in [0.717, 1.165) is 31.2 Å². The number of piperidine rings is 2. The van der Waals surface area contributed by atoms with Crippen LogP contribution in [0, 0.1) is 6.42 Å². The minimum absolute atomic E-state index is 0.0629. The van der Waals surface area contributed by atoms with E-state index >= 15 is 0 Å². The molecule has 37 heavy (non-hydrogen) atoms. The van der Waals surface area contributed by atoms with Crippen molar-refractivity contribution < 1.29 is 22.8 Å². The van der Waals surface area contributed by atoms with E-state index in [2.05, 4.69) is 16.7 Å². The van der Waals surface area contributed by atoms with Gasteiger partial charge >= 0.3 is 0 Å². The molecular formula is C27H37N4O5S. The van der Waals surface area contributed by atoms with Gasteiger partial charge in [-0.25, -0.2) is 8.42 Å². The number of ether oxygens (including phenoxy) is 1. The third-order valence-electron chi connectivity index (χ3n) is 6.77. The van der Waals surface area contributed by atoms with E-state index < -0.39 is 15.2 Å². The van der Waals surface area contributed by atoms with Gasteiger partial charge in [-0.05, 0) is 75.3 Å². The lowest BCUT2D eigenvalue weighted by Crippen LogP contribution is -2.47. The summed E-state index contributed by atoms with van der Waals surface area (Å²) < 4.78 is 32.0. The number of pyridine rings is 1. The second kappa shape index (κ2) is 13.2. The molecule has 1 unspecified atom stereocenters. The van der Waals surface area contributed by atoms with E-state index in [0.29, 0.717) is 62.6 Å². The van der Waals surface area contributed by atoms with E-state index in [9.17, 15) is 13.2 Å². The number of nitrogens with one attached hydrogen (secondary N) is 1. The van der Waals surface area contributed by atoms with Crippen molar-refractivity contribution in [3.63, 3.8) is 0 Å². The summed E-state index contributed by atoms with van der Waals surface area (Å²) in [6, 6.07) is 8.96. The Morgan fingerprint density at radius 1 is 1.16 bits per heavy atom. The number of hydrogen-bond acceptors (Lipinski definition) is 8. The Balaban J connectivity index is 1.35. The van der Waals surface area contributed by atoms with E-state index in [1.165, 1.54) is 7.11 Å². The van der Waals surface area contributed by atoms with Gasteiger partial charge in [-0.2, -0.15) is 0 Å². The largest absolute Gasteiger partial charge is 0.496 e. The van der Waals surface area contributed by atoms with Crippen LogP contribution in [0.3, 0.4) is 0 Å². The molecule has 1 N–H and O–H groups in total. The maximum Gasteiger partial charge on any atom is 0.257 e. The Kier molecular flexibility index (Phi) is 9.76. The zero-order valence-corrected chi connectivity index (χ0v) is 22.3. The van der Waals surface area contributed by atoms with Crippen LogP contribution in [0.5, 0.6) is 11.5 Å². The van der Waals surface area contributed by atoms with E-state index in [4.69, 9.17) is 9.57 Å². The molecule has 0 aliphatic carbocycles. The van der Waals surface area contributed by atoms with Gasteiger partial charge in [0.2, 0.25) is 0 Å². The fraction of sp³-hybridized carbons (Fsp3) is 0.519. The van der Waals surface area contributed by atoms with Gasteiger partial charge in [-0.3, -0.25) is 9.78 Å². The molecule has 1 amide bonds. The van der Waals surface area contributed by atoms with Gasteiger partial charge in [-0.1, -0.05) is 6.07 Å². The minimum Gasteiger partial charge on any atom is -0.496 e. The minimum atomic E-state index is -3.40. The lowest BCUT2D eigenvalue weighted by molar-refractivity contribution is -0.0869. The molecule has 0 bridgehead atoms. The van der Waals surface area contributed by atoms with Crippen molar-refractivity contribution in [2.75, 3.05) is 39.0 Å². The van der Waals surface area contributed by atoms with Gasteiger partial charge in [0, 0.05) is 44.6 Å². The third-order valence-corrected chi connectivity index (χ3v) is 8.93. The second-order valence-corrected chi connectivity index (χ2v) is 11.7. The first-order chi connectivity index (χ1) is 18.0. The summed E-state index contributed by atoms with van der Waals surface area (Å²) in [6.45, 7) is 3.18. The van der Waals surface area contributed by atoms with E-state index in [-0.39, 0.29) is 11.7 Å². The van der Waals surface area contributed by atoms with Crippen molar-refractivity contribution in [3.05, 3.63) is 60.3 Å². The van der Waals surface area contributed by atoms with Crippen molar-refractivity contribution >= 4 is 15.7 Å². The standard InChI is InChI=1S/C27H37N4O5S/c1-35-25-19-23(11-12-24(25)27(32)30-15-4-2-5-16-30)36-31-17-6-3-10-26(31)37(33,34)18-8-14-29-21-22-9-7-13-28-20-22/h2,7,9,11-13,19-20,26,29H,3-6,8,10,14-18,21H2,1H3. The molecule has 201 valence electrons. The Bertz CT molecular complexity index is 1120. The highest BCUT2D eigenvalue weighted by Crippen LogP contribution is 2.30. The van der Waals surface area contributed by atoms with E-state index in [1.807, 2.05) is 17.0 Å². The van der Waals surface area contributed by atoms with Crippen molar-refractivity contribution in [1.29, 1.82) is 0 Å². The number of rotatable bonds is 11. The summed E-state index contributed by atoms with van der Waals surface area (Å²) in [5.74, 6) is 0.905. The van der Waals surface area contributed by atoms with E-state index in [1.54, 1.807) is 35.7 Å². The number of hydrogen-bond donors (Lipinski definition) is 1. The highest BCUT2D eigenvalue weighted by Gasteiger charge is 2.35. The van der Waals surface area contributed by atoms with Gasteiger partial charge in [0.15, 0.2) is 15.6 Å². The number of carbonyl (C=O) groups excluding carboxylic acids is 1. The quantitative estimate of drug-likeness (QED) is 0.443. The van der Waals surface area contributed by atoms with Crippen LogP contribution >= 0.6 is 0 Å². The van der Waals surface area contributed by atoms with Crippen molar-refractivity contribution in [2.45, 2.75) is 50.4 Å². The molecule has 1 aromatic heterocycles. The maximum absolute atomic E-state index is 13.2. The van der Waals surface area contributed by atoms with Crippen LogP contribution in [0.2, 0.25) is 0 Å². The van der Waals surface area contributed by atoms with Crippen LogP contribution in [-0.4, -0.2) is 73.7 Å². The smallest absolute Gasteiger partial charge is 0.257 e. The fourth-order valence-electron chi connectivity index (χ4n) is 4.77. The highest BCUT2D eigenvalue weighted by atomic mass is 32.2. The first kappa shape index (κ1) is 27.3. The first-order valence-electron chi connectivity index (χ1n) is 13.0. The number of aromatic nitrogens is 1. The van der Waals surface area contributed by atoms with Gasteiger partial charge in [-0.15, -0.1) is 5.06 Å². The molecule has 3 heterocycles. The van der Waals surface area contributed by atoms with Crippen molar-refractivity contribution in [1.82, 2.24) is 20.3 Å². The third kappa shape index (κ3) is 7.43. The number of amides is 1. The SMILES string of the molecule is COc1cc(ON2CCCCC2S(=O)(=O)CCCNCc2cccnc2)ccc1C(=O)N1CC[CH]CC1. The van der Waals surface area contributed by atoms with Crippen LogP contribution in [0.15, 0.2) is 42.7 Å². The monoisotopic (exact) mass is 529 g/mol. The molecule has 2 aromatic rings. The summed E-state index contributed by atoms with van der Waals surface area (Å²) in [6.07, 6.45) is 10.3. The molecule has 2 saturated heterocycles. The summed E-state index contributed by atoms with van der Waals surface area (Å²) >= 11 is 0. The normalized spacial score (nSPS) is 18.9. The molecule has 9 nitrogen and oxygen atoms in total. The number of likely N-dealkylation sites (tertiary alicyclic amines) is 1. The van der Waals surface area contributed by atoms with Crippen molar-refractivity contribution in [3.8, 4) is 11.5 Å². The van der Waals surface area contributed by atoms with Crippen LogP contribution < -0.4 is 14.9 Å². The fourth-order valence-corrected chi connectivity index (χ4v) is 6.62. The second-order valence-electron chi connectivity index (χ2n) is 9.46.